The molecule has 28 heavy (non-hydrogen) atoms. The van der Waals surface area contributed by atoms with Gasteiger partial charge in [-0.3, -0.25) is 9.88 Å². The van der Waals surface area contributed by atoms with Gasteiger partial charge in [-0.05, 0) is 52.5 Å². The van der Waals surface area contributed by atoms with Gasteiger partial charge in [0.15, 0.2) is 0 Å². The Kier molecular flexibility index (Phi) is 7.30. The van der Waals surface area contributed by atoms with Crippen LogP contribution in [0.5, 0.6) is 0 Å². The predicted molar refractivity (Wildman–Crippen MR) is 113 cm³/mol. The first-order valence-electron chi connectivity index (χ1n) is 10.2. The van der Waals surface area contributed by atoms with Crippen molar-refractivity contribution in [2.24, 2.45) is 5.73 Å². The smallest absolute Gasteiger partial charge is 0.132 e. The molecule has 7 heteroatoms. The average Bonchev–Trinajstić information content (AvgIpc) is 2.69. The van der Waals surface area contributed by atoms with E-state index in [4.69, 9.17) is 15.7 Å². The molecule has 1 aliphatic rings. The molecule has 0 aliphatic carbocycles. The number of anilines is 1. The van der Waals surface area contributed by atoms with Crippen LogP contribution < -0.4 is 10.6 Å². The van der Waals surface area contributed by atoms with E-state index in [9.17, 15) is 0 Å². The Morgan fingerprint density at radius 1 is 1.18 bits per heavy atom. The molecule has 0 aromatic carbocycles. The summed E-state index contributed by atoms with van der Waals surface area (Å²) in [5, 5.41) is 0. The third kappa shape index (κ3) is 5.47. The minimum absolute atomic E-state index is 0.229. The van der Waals surface area contributed by atoms with Crippen LogP contribution >= 0.6 is 0 Å². The van der Waals surface area contributed by atoms with E-state index >= 15 is 0 Å². The van der Waals surface area contributed by atoms with Gasteiger partial charge in [0, 0.05) is 45.0 Å². The van der Waals surface area contributed by atoms with Gasteiger partial charge in [-0.1, -0.05) is 6.07 Å². The van der Waals surface area contributed by atoms with Gasteiger partial charge < -0.3 is 15.5 Å². The summed E-state index contributed by atoms with van der Waals surface area (Å²) in [6, 6.07) is 8.48. The molecule has 7 nitrogen and oxygen atoms in total. The van der Waals surface area contributed by atoms with Gasteiger partial charge >= 0.3 is 0 Å². The number of nitrogens with zero attached hydrogens (tertiary/aromatic N) is 6. The molecule has 1 aliphatic heterocycles. The van der Waals surface area contributed by atoms with Gasteiger partial charge in [0.2, 0.25) is 0 Å². The lowest BCUT2D eigenvalue weighted by Crippen LogP contribution is -2.45. The van der Waals surface area contributed by atoms with E-state index in [1.165, 1.54) is 0 Å². The SMILES string of the molecule is Cc1nc(CN(C)C(CCCN)c2ccccn2)cc(N2CCN(C)CC2)n1. The minimum Gasteiger partial charge on any atom is -0.354 e. The van der Waals surface area contributed by atoms with Crippen LogP contribution in [0, 0.1) is 6.92 Å². The highest BCUT2D eigenvalue weighted by atomic mass is 15.3. The Bertz CT molecular complexity index is 729. The summed E-state index contributed by atoms with van der Waals surface area (Å²) in [6.45, 7) is 7.59. The molecule has 1 saturated heterocycles. The average molecular weight is 384 g/mol. The molecule has 0 bridgehead atoms. The third-order valence-electron chi connectivity index (χ3n) is 5.36. The predicted octanol–water partition coefficient (Wildman–Crippen LogP) is 1.84. The van der Waals surface area contributed by atoms with E-state index in [1.807, 2.05) is 25.3 Å². The maximum absolute atomic E-state index is 5.77. The first kappa shape index (κ1) is 20.6. The fourth-order valence-electron chi connectivity index (χ4n) is 3.73. The van der Waals surface area contributed by atoms with Crippen molar-refractivity contribution in [1.29, 1.82) is 0 Å². The summed E-state index contributed by atoms with van der Waals surface area (Å²) >= 11 is 0. The van der Waals surface area contributed by atoms with Gasteiger partial charge in [0.25, 0.3) is 0 Å². The maximum Gasteiger partial charge on any atom is 0.132 e. The van der Waals surface area contributed by atoms with Crippen LogP contribution in [-0.2, 0) is 6.54 Å². The molecule has 2 aromatic rings. The van der Waals surface area contributed by atoms with Crippen LogP contribution in [0.3, 0.4) is 0 Å². The third-order valence-corrected chi connectivity index (χ3v) is 5.36. The first-order valence-corrected chi connectivity index (χ1v) is 10.2. The van der Waals surface area contributed by atoms with Crippen LogP contribution in [-0.4, -0.2) is 71.6 Å². The Hall–Kier alpha value is -2.09. The molecule has 3 rings (SSSR count). The Balaban J connectivity index is 1.75. The van der Waals surface area contributed by atoms with Crippen molar-refractivity contribution < 1.29 is 0 Å². The lowest BCUT2D eigenvalue weighted by atomic mass is 10.1. The fourth-order valence-corrected chi connectivity index (χ4v) is 3.73. The number of aryl methyl sites for hydroxylation is 1. The summed E-state index contributed by atoms with van der Waals surface area (Å²) in [7, 11) is 4.31. The fraction of sp³-hybridized carbons (Fsp3) is 0.571. The van der Waals surface area contributed by atoms with Crippen molar-refractivity contribution in [2.75, 3.05) is 51.7 Å². The largest absolute Gasteiger partial charge is 0.354 e. The summed E-state index contributed by atoms with van der Waals surface area (Å²) in [4.78, 5) is 21.0. The van der Waals surface area contributed by atoms with Crippen LogP contribution in [0.15, 0.2) is 30.5 Å². The monoisotopic (exact) mass is 383 g/mol. The number of pyridine rings is 1. The number of hydrogen-bond donors (Lipinski definition) is 1. The van der Waals surface area contributed by atoms with E-state index in [-0.39, 0.29) is 6.04 Å². The summed E-state index contributed by atoms with van der Waals surface area (Å²) in [5.41, 5.74) is 7.91. The quantitative estimate of drug-likeness (QED) is 0.745. The molecular weight excluding hydrogens is 350 g/mol. The van der Waals surface area contributed by atoms with E-state index in [0.717, 1.165) is 68.6 Å². The lowest BCUT2D eigenvalue weighted by molar-refractivity contribution is 0.215. The summed E-state index contributed by atoms with van der Waals surface area (Å²) < 4.78 is 0. The number of aromatic nitrogens is 3. The zero-order chi connectivity index (χ0) is 19.9. The molecule has 2 N–H and O–H groups in total. The highest BCUT2D eigenvalue weighted by Gasteiger charge is 2.20. The highest BCUT2D eigenvalue weighted by molar-refractivity contribution is 5.40. The molecule has 0 spiro atoms. The molecule has 152 valence electrons. The van der Waals surface area contributed by atoms with Gasteiger partial charge in [-0.2, -0.15) is 0 Å². The topological polar surface area (TPSA) is 74.4 Å². The molecule has 0 amide bonds. The first-order chi connectivity index (χ1) is 13.6. The number of rotatable bonds is 8. The van der Waals surface area contributed by atoms with Gasteiger partial charge in [-0.25, -0.2) is 9.97 Å². The van der Waals surface area contributed by atoms with Crippen molar-refractivity contribution in [2.45, 2.75) is 32.4 Å². The second-order valence-electron chi connectivity index (χ2n) is 7.67. The van der Waals surface area contributed by atoms with Crippen LogP contribution in [0.1, 0.15) is 36.1 Å². The second-order valence-corrected chi connectivity index (χ2v) is 7.67. The van der Waals surface area contributed by atoms with Gasteiger partial charge in [0.05, 0.1) is 17.4 Å². The Labute approximate surface area is 168 Å². The highest BCUT2D eigenvalue weighted by Crippen LogP contribution is 2.25. The van der Waals surface area contributed by atoms with Crippen molar-refractivity contribution in [3.05, 3.63) is 47.7 Å². The molecule has 1 fully saturated rings. The second kappa shape index (κ2) is 9.91. The molecular formula is C21H33N7. The van der Waals surface area contributed by atoms with Gasteiger partial charge in [-0.15, -0.1) is 0 Å². The van der Waals surface area contributed by atoms with Crippen molar-refractivity contribution in [3.63, 3.8) is 0 Å². The molecule has 1 atom stereocenters. The van der Waals surface area contributed by atoms with Crippen molar-refractivity contribution >= 4 is 5.82 Å². The molecule has 3 heterocycles. The van der Waals surface area contributed by atoms with Crippen LogP contribution in [0.2, 0.25) is 0 Å². The number of piperazine rings is 1. The van der Waals surface area contributed by atoms with Crippen LogP contribution in [0.4, 0.5) is 5.82 Å². The Morgan fingerprint density at radius 3 is 2.64 bits per heavy atom. The molecule has 2 aromatic heterocycles. The van der Waals surface area contributed by atoms with Crippen LogP contribution in [0.25, 0.3) is 0 Å². The zero-order valence-electron chi connectivity index (χ0n) is 17.4. The van der Waals surface area contributed by atoms with E-state index in [2.05, 4.69) is 45.9 Å². The number of likely N-dealkylation sites (N-methyl/N-ethyl adjacent to an activating group) is 1. The standard InChI is InChI=1S/C21H33N7/c1-17-24-18(15-21(25-17)28-13-11-26(2)12-14-28)16-27(3)20(8-6-9-22)19-7-4-5-10-23-19/h4-5,7,10,15,20H,6,8-9,11-14,16,22H2,1-3H3. The molecule has 0 saturated carbocycles. The lowest BCUT2D eigenvalue weighted by Gasteiger charge is -2.33. The molecule has 1 unspecified atom stereocenters. The van der Waals surface area contributed by atoms with E-state index in [1.54, 1.807) is 0 Å². The summed E-state index contributed by atoms with van der Waals surface area (Å²) in [6.07, 6.45) is 3.82. The molecule has 0 radical (unpaired) electrons. The Morgan fingerprint density at radius 2 is 1.96 bits per heavy atom. The number of nitrogens with two attached hydrogens (primary N) is 1. The summed E-state index contributed by atoms with van der Waals surface area (Å²) in [5.74, 6) is 1.87. The van der Waals surface area contributed by atoms with Crippen molar-refractivity contribution in [3.8, 4) is 0 Å². The zero-order valence-corrected chi connectivity index (χ0v) is 17.4. The van der Waals surface area contributed by atoms with Crippen molar-refractivity contribution in [1.82, 2.24) is 24.8 Å². The normalized spacial score (nSPS) is 16.5. The minimum atomic E-state index is 0.229. The van der Waals surface area contributed by atoms with Gasteiger partial charge in [0.1, 0.15) is 11.6 Å². The maximum atomic E-state index is 5.77. The van der Waals surface area contributed by atoms with E-state index in [0.29, 0.717) is 6.54 Å². The number of hydrogen-bond acceptors (Lipinski definition) is 7. The van der Waals surface area contributed by atoms with E-state index < -0.39 is 0 Å².